The van der Waals surface area contributed by atoms with E-state index in [1.54, 1.807) is 25.1 Å². The number of carbonyl (C=O) groups is 1. The third-order valence-corrected chi connectivity index (χ3v) is 3.98. The zero-order valence-electron chi connectivity index (χ0n) is 14.9. The highest BCUT2D eigenvalue weighted by Crippen LogP contribution is 2.36. The van der Waals surface area contributed by atoms with E-state index in [1.807, 2.05) is 0 Å². The van der Waals surface area contributed by atoms with Gasteiger partial charge in [-0.25, -0.2) is 8.78 Å². The highest BCUT2D eigenvalue weighted by Gasteiger charge is 2.18. The number of nitrogens with one attached hydrogen (secondary N) is 2. The number of anilines is 1. The number of methoxy groups -OCH3 is 2. The molecule has 1 amide bonds. The van der Waals surface area contributed by atoms with Gasteiger partial charge >= 0.3 is 0 Å². The van der Waals surface area contributed by atoms with E-state index in [4.69, 9.17) is 9.47 Å². The quantitative estimate of drug-likeness (QED) is 0.710. The fraction of sp³-hybridized carbons (Fsp3) is 0.158. The molecule has 0 radical (unpaired) electrons. The molecule has 0 unspecified atom stereocenters. The fourth-order valence-corrected chi connectivity index (χ4v) is 2.73. The molecule has 3 rings (SSSR count). The number of hydrogen-bond acceptors (Lipinski definition) is 4. The second kappa shape index (κ2) is 7.45. The van der Waals surface area contributed by atoms with Gasteiger partial charge in [-0.15, -0.1) is 0 Å². The standard InChI is InChI=1S/C19H17F2N3O3/c1-10-17(11-4-5-15(26-2)16(8-11)27-3)18(24-23-10)22-19(25)12-6-13(20)9-14(21)7-12/h4-9H,1-3H3,(H2,22,23,24,25). The summed E-state index contributed by atoms with van der Waals surface area (Å²) in [5.74, 6) is -1.05. The first-order valence-electron chi connectivity index (χ1n) is 7.97. The van der Waals surface area contributed by atoms with E-state index in [9.17, 15) is 13.6 Å². The molecule has 0 bridgehead atoms. The number of nitrogens with zero attached hydrogens (tertiary/aromatic N) is 1. The number of halogens is 2. The van der Waals surface area contributed by atoms with Gasteiger partial charge in [-0.2, -0.15) is 5.10 Å². The summed E-state index contributed by atoms with van der Waals surface area (Å²) in [7, 11) is 3.05. The van der Waals surface area contributed by atoms with Crippen LogP contribution in [0, 0.1) is 18.6 Å². The van der Waals surface area contributed by atoms with Gasteiger partial charge in [0.05, 0.1) is 14.2 Å². The zero-order chi connectivity index (χ0) is 19.6. The van der Waals surface area contributed by atoms with Gasteiger partial charge in [-0.3, -0.25) is 9.89 Å². The summed E-state index contributed by atoms with van der Waals surface area (Å²) in [5, 5.41) is 9.46. The Morgan fingerprint density at radius 3 is 2.33 bits per heavy atom. The molecule has 140 valence electrons. The summed E-state index contributed by atoms with van der Waals surface area (Å²) in [5.41, 5.74) is 1.90. The van der Waals surface area contributed by atoms with Gasteiger partial charge < -0.3 is 14.8 Å². The smallest absolute Gasteiger partial charge is 0.257 e. The Balaban J connectivity index is 1.96. The molecule has 1 heterocycles. The molecule has 0 aliphatic carbocycles. The van der Waals surface area contributed by atoms with Gasteiger partial charge in [0.1, 0.15) is 11.6 Å². The van der Waals surface area contributed by atoms with Gasteiger partial charge in [0.25, 0.3) is 5.91 Å². The van der Waals surface area contributed by atoms with Crippen molar-refractivity contribution in [2.45, 2.75) is 6.92 Å². The second-order valence-corrected chi connectivity index (χ2v) is 5.75. The SMILES string of the molecule is COc1ccc(-c2c(NC(=O)c3cc(F)cc(F)c3)n[nH]c2C)cc1OC. The predicted octanol–water partition coefficient (Wildman–Crippen LogP) is 3.93. The van der Waals surface area contributed by atoms with Gasteiger partial charge in [-0.1, -0.05) is 6.07 Å². The van der Waals surface area contributed by atoms with Crippen molar-refractivity contribution in [3.63, 3.8) is 0 Å². The van der Waals surface area contributed by atoms with Crippen LogP contribution >= 0.6 is 0 Å². The predicted molar refractivity (Wildman–Crippen MR) is 96.2 cm³/mol. The number of hydrogen-bond donors (Lipinski definition) is 2. The molecule has 0 saturated heterocycles. The van der Waals surface area contributed by atoms with Crippen molar-refractivity contribution in [3.8, 4) is 22.6 Å². The summed E-state index contributed by atoms with van der Waals surface area (Å²) in [4.78, 5) is 12.4. The van der Waals surface area contributed by atoms with Crippen LogP contribution in [0.25, 0.3) is 11.1 Å². The van der Waals surface area contributed by atoms with Crippen LogP contribution in [-0.4, -0.2) is 30.3 Å². The lowest BCUT2D eigenvalue weighted by Crippen LogP contribution is -2.13. The average Bonchev–Trinajstić information content (AvgIpc) is 3.00. The number of aryl methyl sites for hydroxylation is 1. The monoisotopic (exact) mass is 373 g/mol. The lowest BCUT2D eigenvalue weighted by molar-refractivity contribution is 0.102. The summed E-state index contributed by atoms with van der Waals surface area (Å²) >= 11 is 0. The van der Waals surface area contributed by atoms with Crippen LogP contribution in [0.15, 0.2) is 36.4 Å². The third kappa shape index (κ3) is 3.74. The van der Waals surface area contributed by atoms with Crippen LogP contribution in [0.3, 0.4) is 0 Å². The fourth-order valence-electron chi connectivity index (χ4n) is 2.73. The zero-order valence-corrected chi connectivity index (χ0v) is 14.9. The highest BCUT2D eigenvalue weighted by atomic mass is 19.1. The molecule has 1 aromatic heterocycles. The highest BCUT2D eigenvalue weighted by molar-refractivity contribution is 6.05. The van der Waals surface area contributed by atoms with Crippen molar-refractivity contribution in [3.05, 3.63) is 59.3 Å². The molecule has 0 aliphatic heterocycles. The minimum absolute atomic E-state index is 0.147. The Hall–Kier alpha value is -3.42. The molecular weight excluding hydrogens is 356 g/mol. The lowest BCUT2D eigenvalue weighted by Gasteiger charge is -2.11. The Morgan fingerprint density at radius 2 is 1.70 bits per heavy atom. The number of H-pyrrole nitrogens is 1. The maximum absolute atomic E-state index is 13.4. The number of amides is 1. The molecule has 0 atom stereocenters. The van der Waals surface area contributed by atoms with Gasteiger partial charge in [0.2, 0.25) is 0 Å². The van der Waals surface area contributed by atoms with E-state index in [2.05, 4.69) is 15.5 Å². The lowest BCUT2D eigenvalue weighted by atomic mass is 10.0. The van der Waals surface area contributed by atoms with E-state index in [1.165, 1.54) is 14.2 Å². The van der Waals surface area contributed by atoms with Gasteiger partial charge in [0, 0.05) is 22.9 Å². The van der Waals surface area contributed by atoms with Crippen LogP contribution in [0.2, 0.25) is 0 Å². The molecule has 2 aromatic carbocycles. The van der Waals surface area contributed by atoms with Crippen molar-refractivity contribution >= 4 is 11.7 Å². The topological polar surface area (TPSA) is 76.2 Å². The first-order valence-corrected chi connectivity index (χ1v) is 7.97. The minimum atomic E-state index is -0.835. The van der Waals surface area contributed by atoms with Crippen LogP contribution in [0.4, 0.5) is 14.6 Å². The summed E-state index contributed by atoms with van der Waals surface area (Å²) < 4.78 is 37.3. The molecule has 0 fully saturated rings. The van der Waals surface area contributed by atoms with E-state index in [0.29, 0.717) is 28.8 Å². The number of aromatic amines is 1. The molecule has 2 N–H and O–H groups in total. The average molecular weight is 373 g/mol. The van der Waals surface area contributed by atoms with Crippen molar-refractivity contribution in [2.75, 3.05) is 19.5 Å². The molecule has 8 heteroatoms. The normalized spacial score (nSPS) is 10.6. The number of rotatable bonds is 5. The van der Waals surface area contributed by atoms with Crippen molar-refractivity contribution in [2.24, 2.45) is 0 Å². The number of benzene rings is 2. The maximum Gasteiger partial charge on any atom is 0.257 e. The Bertz CT molecular complexity index is 982. The van der Waals surface area contributed by atoms with E-state index in [-0.39, 0.29) is 11.4 Å². The van der Waals surface area contributed by atoms with Crippen LogP contribution in [0.5, 0.6) is 11.5 Å². The van der Waals surface area contributed by atoms with Crippen molar-refractivity contribution in [1.82, 2.24) is 10.2 Å². The molecule has 0 aliphatic rings. The van der Waals surface area contributed by atoms with Gasteiger partial charge in [-0.05, 0) is 36.8 Å². The molecule has 6 nitrogen and oxygen atoms in total. The Morgan fingerprint density at radius 1 is 1.04 bits per heavy atom. The number of ether oxygens (including phenoxy) is 2. The Kier molecular flexibility index (Phi) is 5.07. The first-order chi connectivity index (χ1) is 12.9. The maximum atomic E-state index is 13.4. The molecular formula is C19H17F2N3O3. The molecule has 27 heavy (non-hydrogen) atoms. The molecule has 0 saturated carbocycles. The molecule has 0 spiro atoms. The second-order valence-electron chi connectivity index (χ2n) is 5.75. The largest absolute Gasteiger partial charge is 0.493 e. The summed E-state index contributed by atoms with van der Waals surface area (Å²) in [6.07, 6.45) is 0. The third-order valence-electron chi connectivity index (χ3n) is 3.98. The van der Waals surface area contributed by atoms with Crippen molar-refractivity contribution in [1.29, 1.82) is 0 Å². The first kappa shape index (κ1) is 18.4. The van der Waals surface area contributed by atoms with Crippen LogP contribution in [0.1, 0.15) is 16.1 Å². The van der Waals surface area contributed by atoms with E-state index in [0.717, 1.165) is 17.7 Å². The number of carbonyl (C=O) groups excluding carboxylic acids is 1. The summed E-state index contributed by atoms with van der Waals surface area (Å²) in [6.45, 7) is 1.79. The van der Waals surface area contributed by atoms with E-state index >= 15 is 0 Å². The molecule has 3 aromatic rings. The van der Waals surface area contributed by atoms with Crippen LogP contribution in [-0.2, 0) is 0 Å². The Labute approximate surface area is 154 Å². The summed E-state index contributed by atoms with van der Waals surface area (Å²) in [6, 6.07) is 7.87. The van der Waals surface area contributed by atoms with E-state index < -0.39 is 17.5 Å². The van der Waals surface area contributed by atoms with Gasteiger partial charge in [0.15, 0.2) is 17.3 Å². The number of aromatic nitrogens is 2. The minimum Gasteiger partial charge on any atom is -0.493 e. The van der Waals surface area contributed by atoms with Crippen LogP contribution < -0.4 is 14.8 Å². The van der Waals surface area contributed by atoms with Crippen molar-refractivity contribution < 1.29 is 23.0 Å².